The number of nitrogens with zero attached hydrogens (tertiary/aromatic N) is 1. The number of rotatable bonds is 6. The molecule has 4 atom stereocenters. The number of aliphatic hydroxyl groups excluding tert-OH is 1. The summed E-state index contributed by atoms with van der Waals surface area (Å²) in [6, 6.07) is 16.3. The number of fused-ring (bicyclic) bond motifs is 2. The topological polar surface area (TPSA) is 137 Å². The summed E-state index contributed by atoms with van der Waals surface area (Å²) < 4.78 is 41.0. The van der Waals surface area contributed by atoms with Gasteiger partial charge in [0.2, 0.25) is 0 Å². The van der Waals surface area contributed by atoms with E-state index in [0.717, 1.165) is 16.7 Å². The van der Waals surface area contributed by atoms with Gasteiger partial charge in [-0.1, -0.05) is 48.0 Å². The van der Waals surface area contributed by atoms with E-state index in [2.05, 4.69) is 4.98 Å². The zero-order valence-corrected chi connectivity index (χ0v) is 22.0. The quantitative estimate of drug-likeness (QED) is 0.329. The maximum atomic E-state index is 11.7. The summed E-state index contributed by atoms with van der Waals surface area (Å²) in [5, 5.41) is 10.5. The Morgan fingerprint density at radius 2 is 1.68 bits per heavy atom. The lowest BCUT2D eigenvalue weighted by Crippen LogP contribution is -2.34. The molecular formula is C27H26ClN3O6S. The molecule has 2 aromatic carbocycles. The van der Waals surface area contributed by atoms with Gasteiger partial charge in [0.05, 0.1) is 45.4 Å². The van der Waals surface area contributed by atoms with Gasteiger partial charge >= 0.3 is 0 Å². The van der Waals surface area contributed by atoms with Gasteiger partial charge in [-0.15, -0.1) is 0 Å². The molecule has 2 aliphatic rings. The van der Waals surface area contributed by atoms with Crippen molar-refractivity contribution in [2.24, 2.45) is 5.73 Å². The SMILES string of the molecule is CS(=O)(=O)c1ccc(-c2ccc(-c3nc4c(CN)c(O[C@@H]5CO[C@H]6[C@@H]5OC[C@H]6O)[nH]c4cc3Cl)cc2)cc1. The lowest BCUT2D eigenvalue weighted by molar-refractivity contribution is 0.00777. The highest BCUT2D eigenvalue weighted by atomic mass is 35.5. The van der Waals surface area contributed by atoms with Crippen LogP contribution >= 0.6 is 11.6 Å². The van der Waals surface area contributed by atoms with Crippen LogP contribution in [-0.4, -0.2) is 67.4 Å². The lowest BCUT2D eigenvalue weighted by atomic mass is 10.0. The largest absolute Gasteiger partial charge is 0.470 e. The number of aromatic nitrogens is 2. The molecule has 6 rings (SSSR count). The number of pyridine rings is 1. The Bertz CT molecular complexity index is 1600. The van der Waals surface area contributed by atoms with Crippen molar-refractivity contribution >= 4 is 32.5 Å². The zero-order chi connectivity index (χ0) is 26.6. The van der Waals surface area contributed by atoms with Gasteiger partial charge in [-0.3, -0.25) is 0 Å². The normalized spacial score (nSPS) is 23.2. The van der Waals surface area contributed by atoms with Gasteiger partial charge in [-0.25, -0.2) is 13.4 Å². The number of nitrogens with two attached hydrogens (primary N) is 1. The van der Waals surface area contributed by atoms with E-state index in [1.165, 1.54) is 6.26 Å². The fourth-order valence-corrected chi connectivity index (χ4v) is 5.91. The third kappa shape index (κ3) is 4.47. The van der Waals surface area contributed by atoms with Crippen LogP contribution in [0.3, 0.4) is 0 Å². The molecular weight excluding hydrogens is 530 g/mol. The second kappa shape index (κ2) is 9.64. The molecule has 0 amide bonds. The molecule has 0 bridgehead atoms. The van der Waals surface area contributed by atoms with Crippen LogP contribution in [-0.2, 0) is 25.9 Å². The summed E-state index contributed by atoms with van der Waals surface area (Å²) in [6.07, 6.45) is -0.606. The van der Waals surface area contributed by atoms with Crippen LogP contribution in [0, 0.1) is 0 Å². The molecule has 4 aromatic rings. The van der Waals surface area contributed by atoms with Crippen LogP contribution in [0.1, 0.15) is 5.56 Å². The number of benzene rings is 2. The minimum absolute atomic E-state index is 0.191. The van der Waals surface area contributed by atoms with Crippen LogP contribution in [0.5, 0.6) is 5.88 Å². The highest BCUT2D eigenvalue weighted by molar-refractivity contribution is 7.90. The second-order valence-electron chi connectivity index (χ2n) is 9.55. The number of H-pyrrole nitrogens is 1. The molecule has 0 saturated carbocycles. The van der Waals surface area contributed by atoms with Gasteiger partial charge in [-0.05, 0) is 29.3 Å². The first-order chi connectivity index (χ1) is 18.2. The molecule has 9 nitrogen and oxygen atoms in total. The first-order valence-electron chi connectivity index (χ1n) is 12.1. The van der Waals surface area contributed by atoms with Crippen molar-refractivity contribution in [3.8, 4) is 28.3 Å². The number of nitrogens with one attached hydrogen (secondary N) is 1. The standard InChI is InChI=1S/C27H26ClN3O6S/c1-38(33,34)17-8-6-15(7-9-17)14-2-4-16(5-3-14)23-19(28)10-20-24(31-23)18(11-29)27(30-20)37-22-13-36-25-21(32)12-35-26(22)25/h2-10,21-22,25-26,30,32H,11-13,29H2,1H3/t21-,22-,25-,26-/m1/s1. The molecule has 0 unspecified atom stereocenters. The second-order valence-corrected chi connectivity index (χ2v) is 12.0. The zero-order valence-electron chi connectivity index (χ0n) is 20.4. The summed E-state index contributed by atoms with van der Waals surface area (Å²) >= 11 is 6.64. The van der Waals surface area contributed by atoms with Crippen molar-refractivity contribution < 1.29 is 27.7 Å². The fraction of sp³-hybridized carbons (Fsp3) is 0.296. The highest BCUT2D eigenvalue weighted by Crippen LogP contribution is 2.37. The molecule has 0 spiro atoms. The van der Waals surface area contributed by atoms with Gasteiger partial charge < -0.3 is 30.0 Å². The summed E-state index contributed by atoms with van der Waals surface area (Å²) in [6.45, 7) is 0.711. The first kappa shape index (κ1) is 25.3. The third-order valence-corrected chi connectivity index (χ3v) is 8.43. The van der Waals surface area contributed by atoms with Crippen molar-refractivity contribution in [1.82, 2.24) is 9.97 Å². The van der Waals surface area contributed by atoms with E-state index < -0.39 is 22.0 Å². The minimum atomic E-state index is -3.25. The van der Waals surface area contributed by atoms with Crippen LogP contribution in [0.25, 0.3) is 33.4 Å². The van der Waals surface area contributed by atoms with Crippen LogP contribution in [0.4, 0.5) is 0 Å². The Morgan fingerprint density at radius 1 is 1.05 bits per heavy atom. The minimum Gasteiger partial charge on any atom is -0.470 e. The molecule has 0 aliphatic carbocycles. The van der Waals surface area contributed by atoms with Gasteiger partial charge in [0.15, 0.2) is 21.8 Å². The molecule has 38 heavy (non-hydrogen) atoms. The maximum Gasteiger partial charge on any atom is 0.198 e. The predicted octanol–water partition coefficient (Wildman–Crippen LogP) is 3.32. The predicted molar refractivity (Wildman–Crippen MR) is 143 cm³/mol. The Labute approximate surface area is 224 Å². The Morgan fingerprint density at radius 3 is 2.34 bits per heavy atom. The number of hydrogen-bond acceptors (Lipinski definition) is 8. The highest BCUT2D eigenvalue weighted by Gasteiger charge is 2.48. The Balaban J connectivity index is 1.29. The van der Waals surface area contributed by atoms with Crippen molar-refractivity contribution in [1.29, 1.82) is 0 Å². The summed E-state index contributed by atoms with van der Waals surface area (Å²) in [5.41, 5.74) is 11.4. The molecule has 11 heteroatoms. The molecule has 2 fully saturated rings. The van der Waals surface area contributed by atoms with E-state index in [-0.39, 0.29) is 30.3 Å². The third-order valence-electron chi connectivity index (χ3n) is 7.01. The Kier molecular flexibility index (Phi) is 6.42. The van der Waals surface area contributed by atoms with Crippen molar-refractivity contribution in [3.05, 3.63) is 65.2 Å². The first-order valence-corrected chi connectivity index (χ1v) is 14.4. The van der Waals surface area contributed by atoms with Crippen LogP contribution in [0.2, 0.25) is 5.02 Å². The molecule has 2 aliphatic heterocycles. The summed E-state index contributed by atoms with van der Waals surface area (Å²) in [7, 11) is -3.25. The smallest absolute Gasteiger partial charge is 0.198 e. The van der Waals surface area contributed by atoms with Crippen LogP contribution < -0.4 is 10.5 Å². The van der Waals surface area contributed by atoms with E-state index >= 15 is 0 Å². The van der Waals surface area contributed by atoms with Gasteiger partial charge in [0, 0.05) is 18.4 Å². The molecule has 4 heterocycles. The Hall–Kier alpha value is -2.99. The van der Waals surface area contributed by atoms with E-state index in [4.69, 9.17) is 36.5 Å². The number of hydrogen-bond donors (Lipinski definition) is 3. The molecule has 2 saturated heterocycles. The number of ether oxygens (including phenoxy) is 3. The number of halogens is 1. The average molecular weight is 556 g/mol. The molecule has 4 N–H and O–H groups in total. The van der Waals surface area contributed by atoms with Crippen LogP contribution in [0.15, 0.2) is 59.5 Å². The van der Waals surface area contributed by atoms with E-state index in [1.54, 1.807) is 30.3 Å². The van der Waals surface area contributed by atoms with Crippen molar-refractivity contribution in [2.75, 3.05) is 19.5 Å². The van der Waals surface area contributed by atoms with Gasteiger partial charge in [0.25, 0.3) is 0 Å². The molecule has 198 valence electrons. The van der Waals surface area contributed by atoms with E-state index in [9.17, 15) is 13.5 Å². The molecule has 0 radical (unpaired) electrons. The molecule has 2 aromatic heterocycles. The number of sulfone groups is 1. The average Bonchev–Trinajstić information content (AvgIpc) is 3.58. The monoisotopic (exact) mass is 555 g/mol. The maximum absolute atomic E-state index is 11.7. The fourth-order valence-electron chi connectivity index (χ4n) is 5.02. The lowest BCUT2D eigenvalue weighted by Gasteiger charge is -2.17. The van der Waals surface area contributed by atoms with E-state index in [1.807, 2.05) is 24.3 Å². The van der Waals surface area contributed by atoms with Gasteiger partial charge in [0.1, 0.15) is 18.3 Å². The van der Waals surface area contributed by atoms with Crippen molar-refractivity contribution in [3.63, 3.8) is 0 Å². The number of aromatic amines is 1. The summed E-state index contributed by atoms with van der Waals surface area (Å²) in [5.74, 6) is 0.482. The van der Waals surface area contributed by atoms with Crippen molar-refractivity contribution in [2.45, 2.75) is 35.9 Å². The van der Waals surface area contributed by atoms with E-state index in [0.29, 0.717) is 39.8 Å². The summed E-state index contributed by atoms with van der Waals surface area (Å²) in [4.78, 5) is 8.35. The van der Waals surface area contributed by atoms with Gasteiger partial charge in [-0.2, -0.15) is 0 Å². The number of aliphatic hydroxyl groups is 1.